The summed E-state index contributed by atoms with van der Waals surface area (Å²) in [5.74, 6) is -1.04. The number of aromatic amines is 1. The topological polar surface area (TPSA) is 72.3 Å². The van der Waals surface area contributed by atoms with Crippen molar-refractivity contribution in [2.24, 2.45) is 0 Å². The van der Waals surface area contributed by atoms with Gasteiger partial charge in [-0.3, -0.25) is 9.78 Å². The summed E-state index contributed by atoms with van der Waals surface area (Å²) in [6, 6.07) is 10.1. The third-order valence-electron chi connectivity index (χ3n) is 4.56. The van der Waals surface area contributed by atoms with Crippen LogP contribution >= 0.6 is 0 Å². The lowest BCUT2D eigenvalue weighted by Crippen LogP contribution is -2.23. The number of ether oxygens (including phenoxy) is 1. The molecule has 0 saturated carbocycles. The van der Waals surface area contributed by atoms with Gasteiger partial charge in [0.15, 0.2) is 5.58 Å². The van der Waals surface area contributed by atoms with Gasteiger partial charge in [0, 0.05) is 6.42 Å². The molecule has 0 aliphatic heterocycles. The Balaban J connectivity index is 1.88. The van der Waals surface area contributed by atoms with Gasteiger partial charge in [0.2, 0.25) is 0 Å². The van der Waals surface area contributed by atoms with E-state index in [1.807, 2.05) is 39.8 Å². The molecule has 2 aromatic carbocycles. The molecular formula is C24H26FNO4. The van der Waals surface area contributed by atoms with Crippen LogP contribution in [0.15, 0.2) is 51.7 Å². The summed E-state index contributed by atoms with van der Waals surface area (Å²) in [5, 5.41) is 0. The maximum Gasteiger partial charge on any atom is 0.417 e. The van der Waals surface area contributed by atoms with Crippen molar-refractivity contribution in [3.8, 4) is 0 Å². The minimum Gasteiger partial charge on any atom is -0.460 e. The average molecular weight is 411 g/mol. The first kappa shape index (κ1) is 21.6. The van der Waals surface area contributed by atoms with Crippen molar-refractivity contribution in [3.05, 3.63) is 75.5 Å². The molecule has 1 heterocycles. The van der Waals surface area contributed by atoms with Gasteiger partial charge in [-0.1, -0.05) is 18.2 Å². The Labute approximate surface area is 174 Å². The number of carbonyl (C=O) groups excluding carboxylic acids is 1. The number of aryl methyl sites for hydroxylation is 1. The summed E-state index contributed by atoms with van der Waals surface area (Å²) >= 11 is 0. The Morgan fingerprint density at radius 2 is 1.97 bits per heavy atom. The maximum absolute atomic E-state index is 13.6. The number of hydrogen-bond acceptors (Lipinski definition) is 4. The van der Waals surface area contributed by atoms with Crippen LogP contribution in [0.25, 0.3) is 16.7 Å². The van der Waals surface area contributed by atoms with Crippen molar-refractivity contribution in [2.75, 3.05) is 0 Å². The molecule has 0 radical (unpaired) electrons. The summed E-state index contributed by atoms with van der Waals surface area (Å²) in [4.78, 5) is 26.1. The maximum atomic E-state index is 13.6. The smallest absolute Gasteiger partial charge is 0.417 e. The van der Waals surface area contributed by atoms with Crippen LogP contribution in [0.4, 0.5) is 4.39 Å². The van der Waals surface area contributed by atoms with E-state index in [0.717, 1.165) is 22.3 Å². The van der Waals surface area contributed by atoms with Gasteiger partial charge in [-0.05, 0) is 87.1 Å². The number of fused-ring (bicyclic) bond motifs is 1. The van der Waals surface area contributed by atoms with Gasteiger partial charge in [-0.2, -0.15) is 0 Å². The second kappa shape index (κ2) is 8.69. The molecule has 0 aliphatic rings. The molecule has 5 nitrogen and oxygen atoms in total. The lowest BCUT2D eigenvalue weighted by molar-refractivity contribution is -0.154. The van der Waals surface area contributed by atoms with Gasteiger partial charge < -0.3 is 9.15 Å². The molecule has 3 rings (SSSR count). The molecule has 0 atom stereocenters. The Morgan fingerprint density at radius 3 is 2.67 bits per heavy atom. The molecule has 6 heteroatoms. The molecule has 158 valence electrons. The molecule has 1 aromatic heterocycles. The zero-order valence-electron chi connectivity index (χ0n) is 17.7. The summed E-state index contributed by atoms with van der Waals surface area (Å²) in [6.45, 7) is 7.38. The Hall–Kier alpha value is -3.15. The molecular weight excluding hydrogens is 385 g/mol. The van der Waals surface area contributed by atoms with Crippen molar-refractivity contribution >= 4 is 22.6 Å². The van der Waals surface area contributed by atoms with Crippen LogP contribution < -0.4 is 5.76 Å². The molecule has 0 bridgehead atoms. The predicted molar refractivity (Wildman–Crippen MR) is 115 cm³/mol. The first-order valence-electron chi connectivity index (χ1n) is 9.94. The number of benzene rings is 2. The van der Waals surface area contributed by atoms with Crippen molar-refractivity contribution < 1.29 is 18.3 Å². The minimum atomic E-state index is -0.511. The largest absolute Gasteiger partial charge is 0.460 e. The third kappa shape index (κ3) is 5.47. The van der Waals surface area contributed by atoms with Crippen LogP contribution in [0.5, 0.6) is 0 Å². The highest BCUT2D eigenvalue weighted by Crippen LogP contribution is 2.29. The highest BCUT2D eigenvalue weighted by atomic mass is 19.1. The van der Waals surface area contributed by atoms with E-state index >= 15 is 0 Å². The fourth-order valence-corrected chi connectivity index (χ4v) is 3.31. The van der Waals surface area contributed by atoms with Crippen molar-refractivity contribution in [1.29, 1.82) is 0 Å². The zero-order valence-corrected chi connectivity index (χ0v) is 17.7. The summed E-state index contributed by atoms with van der Waals surface area (Å²) < 4.78 is 24.2. The summed E-state index contributed by atoms with van der Waals surface area (Å²) in [6.07, 6.45) is 3.60. The number of carbonyl (C=O) groups is 1. The van der Waals surface area contributed by atoms with E-state index in [1.165, 1.54) is 12.1 Å². The van der Waals surface area contributed by atoms with Crippen molar-refractivity contribution in [2.45, 2.75) is 52.6 Å². The first-order chi connectivity index (χ1) is 14.1. The van der Waals surface area contributed by atoms with E-state index in [9.17, 15) is 14.0 Å². The van der Waals surface area contributed by atoms with Gasteiger partial charge in [0.05, 0.1) is 5.52 Å². The number of rotatable bonds is 6. The second-order valence-corrected chi connectivity index (χ2v) is 8.28. The molecule has 30 heavy (non-hydrogen) atoms. The SMILES string of the molecule is Cc1cc(F)ccc1/C(=C\CCCC(=O)OC(C)(C)C)c1ccc2[nH]c(=O)oc2c1. The third-order valence-corrected chi connectivity index (χ3v) is 4.56. The van der Waals surface area contributed by atoms with Crippen LogP contribution in [-0.2, 0) is 9.53 Å². The standard InChI is InChI=1S/C24H26FNO4/c1-15-13-17(25)10-11-18(15)19(7-5-6-8-22(27)30-24(2,3)4)16-9-12-20-21(14-16)29-23(28)26-20/h7,9-14H,5-6,8H2,1-4H3,(H,26,28)/b19-7-. The quantitative estimate of drug-likeness (QED) is 0.429. The molecule has 1 N–H and O–H groups in total. The van der Waals surface area contributed by atoms with Crippen molar-refractivity contribution in [1.82, 2.24) is 4.98 Å². The number of halogens is 1. The van der Waals surface area contributed by atoms with Crippen LogP contribution in [0.2, 0.25) is 0 Å². The number of oxazole rings is 1. The van der Waals surface area contributed by atoms with E-state index in [-0.39, 0.29) is 11.8 Å². The zero-order chi connectivity index (χ0) is 21.9. The highest BCUT2D eigenvalue weighted by molar-refractivity contribution is 5.86. The number of hydrogen-bond donors (Lipinski definition) is 1. The number of unbranched alkanes of at least 4 members (excludes halogenated alkanes) is 1. The first-order valence-corrected chi connectivity index (χ1v) is 9.94. The molecule has 3 aromatic rings. The lowest BCUT2D eigenvalue weighted by atomic mass is 9.93. The van der Waals surface area contributed by atoms with Gasteiger partial charge in [0.1, 0.15) is 11.4 Å². The normalized spacial score (nSPS) is 12.4. The molecule has 0 spiro atoms. The predicted octanol–water partition coefficient (Wildman–Crippen LogP) is 5.51. The Morgan fingerprint density at radius 1 is 1.20 bits per heavy atom. The van der Waals surface area contributed by atoms with Crippen LogP contribution in [0.3, 0.4) is 0 Å². The van der Waals surface area contributed by atoms with Gasteiger partial charge in [0.25, 0.3) is 0 Å². The highest BCUT2D eigenvalue weighted by Gasteiger charge is 2.16. The Bertz CT molecular complexity index is 1150. The van der Waals surface area contributed by atoms with Crippen LogP contribution in [0, 0.1) is 12.7 Å². The molecule has 0 unspecified atom stereocenters. The van der Waals surface area contributed by atoms with E-state index in [0.29, 0.717) is 30.4 Å². The fourth-order valence-electron chi connectivity index (χ4n) is 3.31. The summed E-state index contributed by atoms with van der Waals surface area (Å²) in [7, 11) is 0. The number of nitrogens with one attached hydrogen (secondary N) is 1. The minimum absolute atomic E-state index is 0.231. The Kier molecular flexibility index (Phi) is 6.25. The van der Waals surface area contributed by atoms with E-state index in [2.05, 4.69) is 4.98 Å². The number of H-pyrrole nitrogens is 1. The molecule has 0 fully saturated rings. The van der Waals surface area contributed by atoms with Gasteiger partial charge >= 0.3 is 11.7 Å². The van der Waals surface area contributed by atoms with Crippen LogP contribution in [0.1, 0.15) is 56.7 Å². The number of esters is 1. The second-order valence-electron chi connectivity index (χ2n) is 8.28. The number of allylic oxidation sites excluding steroid dienone is 1. The van der Waals surface area contributed by atoms with E-state index < -0.39 is 11.4 Å². The number of aromatic nitrogens is 1. The monoisotopic (exact) mass is 411 g/mol. The molecule has 0 aliphatic carbocycles. The molecule has 0 amide bonds. The van der Waals surface area contributed by atoms with Crippen LogP contribution in [-0.4, -0.2) is 16.6 Å². The van der Waals surface area contributed by atoms with Gasteiger partial charge in [-0.15, -0.1) is 0 Å². The average Bonchev–Trinajstić information content (AvgIpc) is 3.00. The van der Waals surface area contributed by atoms with Gasteiger partial charge in [-0.25, -0.2) is 9.18 Å². The van der Waals surface area contributed by atoms with E-state index in [1.54, 1.807) is 18.2 Å². The fraction of sp³-hybridized carbons (Fsp3) is 0.333. The summed E-state index contributed by atoms with van der Waals surface area (Å²) in [5.41, 5.74) is 3.98. The van der Waals surface area contributed by atoms with Crippen molar-refractivity contribution in [3.63, 3.8) is 0 Å². The molecule has 0 saturated heterocycles. The lowest BCUT2D eigenvalue weighted by Gasteiger charge is -2.19. The van der Waals surface area contributed by atoms with E-state index in [4.69, 9.17) is 9.15 Å².